The van der Waals surface area contributed by atoms with E-state index in [1.165, 1.54) is 0 Å². The van der Waals surface area contributed by atoms with E-state index in [-0.39, 0.29) is 5.78 Å². The van der Waals surface area contributed by atoms with Crippen molar-refractivity contribution in [3.63, 3.8) is 0 Å². The molecule has 1 heterocycles. The number of hydrogen-bond donors (Lipinski definition) is 1. The molecule has 25 heavy (non-hydrogen) atoms. The van der Waals surface area contributed by atoms with E-state index in [9.17, 15) is 4.79 Å². The number of anilines is 1. The average Bonchev–Trinajstić information content (AvgIpc) is 2.65. The van der Waals surface area contributed by atoms with Crippen LogP contribution in [0.3, 0.4) is 0 Å². The van der Waals surface area contributed by atoms with Crippen LogP contribution in [0.1, 0.15) is 10.4 Å². The van der Waals surface area contributed by atoms with Gasteiger partial charge in [0.1, 0.15) is 0 Å². The molecule has 0 unspecified atom stereocenters. The minimum absolute atomic E-state index is 0.0768. The molecule has 1 aromatic heterocycles. The molecule has 5 heteroatoms. The quantitative estimate of drug-likeness (QED) is 0.298. The van der Waals surface area contributed by atoms with Crippen molar-refractivity contribution in [1.82, 2.24) is 0 Å². The van der Waals surface area contributed by atoms with Crippen LogP contribution in [0.5, 0.6) is 0 Å². The number of rotatable bonds is 5. The molecule has 2 aromatic carbocycles. The molecule has 0 saturated carbocycles. The molecule has 1 N–H and O–H groups in total. The Kier molecular flexibility index (Phi) is 5.67. The maximum atomic E-state index is 13.1. The summed E-state index contributed by atoms with van der Waals surface area (Å²) in [6.45, 7) is 0. The number of pyridine rings is 1. The van der Waals surface area contributed by atoms with E-state index < -0.39 is 0 Å². The van der Waals surface area contributed by atoms with Gasteiger partial charge in [-0.25, -0.2) is 0 Å². The van der Waals surface area contributed by atoms with E-state index in [1.807, 2.05) is 60.9 Å². The number of Topliss-reactive ketones (excluding diaryl/α,β-unsaturated/α-hetero) is 1. The Morgan fingerprint density at radius 1 is 0.880 bits per heavy atom. The number of ketones is 1. The molecule has 3 nitrogen and oxygen atoms in total. The first kappa shape index (κ1) is 17.4. The van der Waals surface area contributed by atoms with Gasteiger partial charge in [-0.1, -0.05) is 0 Å². The number of carbonyl (C=O) groups is 1. The fourth-order valence-electron chi connectivity index (χ4n) is 2.34. The Bertz CT molecular complexity index is 894. The Balaban J connectivity index is 2.04. The molecule has 0 aliphatic heterocycles. The van der Waals surface area contributed by atoms with Gasteiger partial charge in [0.2, 0.25) is 0 Å². The first-order valence-electron chi connectivity index (χ1n) is 7.65. The van der Waals surface area contributed by atoms with Crippen molar-refractivity contribution in [2.45, 2.75) is 0 Å². The third kappa shape index (κ3) is 4.37. The molecular weight excluding hydrogens is 399 g/mol. The molecule has 0 saturated heterocycles. The number of allylic oxidation sites excluding steroid dienone is 1. The van der Waals surface area contributed by atoms with E-state index in [4.69, 9.17) is 11.6 Å². The first-order chi connectivity index (χ1) is 12.1. The van der Waals surface area contributed by atoms with Crippen molar-refractivity contribution in [2.75, 3.05) is 5.32 Å². The van der Waals surface area contributed by atoms with Gasteiger partial charge >= 0.3 is 160 Å². The van der Waals surface area contributed by atoms with Crippen molar-refractivity contribution >= 4 is 44.8 Å². The maximum absolute atomic E-state index is 13.1. The summed E-state index contributed by atoms with van der Waals surface area (Å²) in [6, 6.07) is 22.2. The fraction of sp³-hybridized carbons (Fsp3) is 0. The molecule has 0 aliphatic carbocycles. The van der Waals surface area contributed by atoms with E-state index in [1.54, 1.807) is 28.8 Å². The van der Waals surface area contributed by atoms with Crippen LogP contribution in [0.4, 0.5) is 5.69 Å². The van der Waals surface area contributed by atoms with Crippen LogP contribution < -0.4 is 9.88 Å². The minimum atomic E-state index is -0.0768. The number of benzene rings is 2. The van der Waals surface area contributed by atoms with Gasteiger partial charge in [-0.2, -0.15) is 0 Å². The van der Waals surface area contributed by atoms with Crippen LogP contribution >= 0.6 is 11.6 Å². The second kappa shape index (κ2) is 8.13. The van der Waals surface area contributed by atoms with Gasteiger partial charge in [0.25, 0.3) is 0 Å². The molecule has 0 radical (unpaired) electrons. The molecule has 3 aromatic rings. The number of carbonyl (C=O) groups excluding carboxylic acids is 1. The summed E-state index contributed by atoms with van der Waals surface area (Å²) < 4.78 is 2.43. The predicted octanol–water partition coefficient (Wildman–Crippen LogP) is 3.92. The number of halogens is 1. The third-order valence-electron chi connectivity index (χ3n) is 3.54. The predicted molar refractivity (Wildman–Crippen MR) is 101 cm³/mol. The second-order valence-electron chi connectivity index (χ2n) is 5.29. The zero-order chi connectivity index (χ0) is 17.6. The summed E-state index contributed by atoms with van der Waals surface area (Å²) in [5.74, 6) is -0.0768. The van der Waals surface area contributed by atoms with Gasteiger partial charge in [-0.05, 0) is 0 Å². The van der Waals surface area contributed by atoms with Crippen LogP contribution in [-0.2, 0) is 0 Å². The van der Waals surface area contributed by atoms with Crippen LogP contribution in [0.2, 0.25) is 5.02 Å². The van der Waals surface area contributed by atoms with Gasteiger partial charge < -0.3 is 0 Å². The second-order valence-corrected chi connectivity index (χ2v) is 6.58. The van der Waals surface area contributed by atoms with Gasteiger partial charge in [0, 0.05) is 0 Å². The zero-order valence-corrected chi connectivity index (χ0v) is 15.7. The SMILES string of the molecule is O=C(/C(=C(\[Se-])Nc1ccc(Cl)cc1)[n+]1ccccc1)c1ccccc1. The molecular formula is C20H15ClN2OSe. The van der Waals surface area contributed by atoms with Gasteiger partial charge in [0.05, 0.1) is 0 Å². The van der Waals surface area contributed by atoms with Crippen molar-refractivity contribution < 1.29 is 9.36 Å². The summed E-state index contributed by atoms with van der Waals surface area (Å²) in [7, 11) is 0. The molecule has 0 fully saturated rings. The first-order valence-corrected chi connectivity index (χ1v) is 8.89. The Morgan fingerprint density at radius 3 is 2.12 bits per heavy atom. The van der Waals surface area contributed by atoms with E-state index in [2.05, 4.69) is 21.3 Å². The van der Waals surface area contributed by atoms with Gasteiger partial charge in [-0.15, -0.1) is 0 Å². The van der Waals surface area contributed by atoms with Crippen molar-refractivity contribution in [3.05, 3.63) is 100 Å². The standard InChI is InChI=1S/C20H15ClN2OSe/c21-16-9-11-17(12-10-16)22-20(25)18(23-13-5-2-6-14-23)19(24)15-7-3-1-4-8-15/h1-14H,(H-,22,24,25). The Morgan fingerprint density at radius 2 is 1.48 bits per heavy atom. The van der Waals surface area contributed by atoms with Gasteiger partial charge in [-0.3, -0.25) is 0 Å². The third-order valence-corrected chi connectivity index (χ3v) is 4.41. The van der Waals surface area contributed by atoms with Crippen molar-refractivity contribution in [2.24, 2.45) is 0 Å². The van der Waals surface area contributed by atoms with Crippen molar-refractivity contribution in [3.8, 4) is 0 Å². The molecule has 0 bridgehead atoms. The van der Waals surface area contributed by atoms with E-state index >= 15 is 0 Å². The number of nitrogens with one attached hydrogen (secondary N) is 1. The number of aromatic nitrogens is 1. The van der Waals surface area contributed by atoms with Gasteiger partial charge in [0.15, 0.2) is 0 Å². The fourth-order valence-corrected chi connectivity index (χ4v) is 3.12. The Hall–Kier alpha value is -2.39. The monoisotopic (exact) mass is 414 g/mol. The van der Waals surface area contributed by atoms with Crippen molar-refractivity contribution in [1.29, 1.82) is 0 Å². The topological polar surface area (TPSA) is 33.0 Å². The summed E-state index contributed by atoms with van der Waals surface area (Å²) in [5.41, 5.74) is 1.98. The molecule has 3 rings (SSSR count). The van der Waals surface area contributed by atoms with Crippen LogP contribution in [-0.4, -0.2) is 21.8 Å². The Labute approximate surface area is 159 Å². The summed E-state index contributed by atoms with van der Waals surface area (Å²) in [5, 5.41) is 3.90. The number of hydrogen-bond acceptors (Lipinski definition) is 2. The van der Waals surface area contributed by atoms with Crippen LogP contribution in [0, 0.1) is 0 Å². The molecule has 0 spiro atoms. The summed E-state index contributed by atoms with van der Waals surface area (Å²) in [4.78, 5) is 13.1. The normalized spacial score (nSPS) is 11.6. The van der Waals surface area contributed by atoms with Crippen LogP contribution in [0.25, 0.3) is 5.70 Å². The molecule has 0 aliphatic rings. The molecule has 0 atom stereocenters. The van der Waals surface area contributed by atoms with E-state index in [0.717, 1.165) is 5.69 Å². The van der Waals surface area contributed by atoms with E-state index in [0.29, 0.717) is 20.9 Å². The van der Waals surface area contributed by atoms with Crippen LogP contribution in [0.15, 0.2) is 89.8 Å². The zero-order valence-electron chi connectivity index (χ0n) is 13.2. The summed E-state index contributed by atoms with van der Waals surface area (Å²) in [6.07, 6.45) is 3.69. The average molecular weight is 414 g/mol. The molecule has 0 amide bonds. The number of nitrogens with zero attached hydrogens (tertiary/aromatic N) is 1. The molecule has 124 valence electrons. The summed E-state index contributed by atoms with van der Waals surface area (Å²) >= 11 is 8.91.